The fraction of sp³-hybridized carbons (Fsp3) is 0.300. The predicted molar refractivity (Wildman–Crippen MR) is 119 cm³/mol. The monoisotopic (exact) mass is 493 g/mol. The van der Waals surface area contributed by atoms with Gasteiger partial charge in [-0.3, -0.25) is 4.79 Å². The third-order valence-corrected chi connectivity index (χ3v) is 8.47. The number of fused-ring (bicyclic) bond motifs is 1. The van der Waals surface area contributed by atoms with Gasteiger partial charge >= 0.3 is 0 Å². The lowest BCUT2D eigenvalue weighted by molar-refractivity contribution is -0.120. The molecule has 4 rings (SSSR count). The maximum absolute atomic E-state index is 13.0. The molecule has 1 saturated heterocycles. The molecular weight excluding hydrogens is 474 g/mol. The molecule has 1 amide bonds. The normalized spacial score (nSPS) is 18.1. The lowest BCUT2D eigenvalue weighted by Crippen LogP contribution is -2.43. The fourth-order valence-electron chi connectivity index (χ4n) is 3.41. The highest BCUT2D eigenvalue weighted by atomic mass is 79.9. The summed E-state index contributed by atoms with van der Waals surface area (Å²) in [5.41, 5.74) is 1.81. The number of amides is 1. The Bertz CT molecular complexity index is 1160. The van der Waals surface area contributed by atoms with Crippen LogP contribution in [0.1, 0.15) is 18.4 Å². The topological polar surface area (TPSA) is 79.4 Å². The third-order valence-electron chi connectivity index (χ3n) is 5.01. The zero-order chi connectivity index (χ0) is 20.6. The van der Waals surface area contributed by atoms with Gasteiger partial charge < -0.3 is 5.32 Å². The van der Waals surface area contributed by atoms with Crippen LogP contribution in [0.5, 0.6) is 0 Å². The molecule has 1 fully saturated rings. The summed E-state index contributed by atoms with van der Waals surface area (Å²) >= 11 is 4.87. The second-order valence-corrected chi connectivity index (χ2v) is 10.9. The number of benzene rings is 2. The molecule has 1 N–H and O–H groups in total. The predicted octanol–water partition coefficient (Wildman–Crippen LogP) is 4.41. The van der Waals surface area contributed by atoms with Crippen LogP contribution in [0.4, 0.5) is 5.13 Å². The van der Waals surface area contributed by atoms with E-state index in [2.05, 4.69) is 26.2 Å². The molecule has 0 radical (unpaired) electrons. The molecule has 2 heterocycles. The van der Waals surface area contributed by atoms with Crippen molar-refractivity contribution in [3.8, 4) is 0 Å². The van der Waals surface area contributed by atoms with E-state index in [4.69, 9.17) is 0 Å². The first kappa shape index (κ1) is 20.5. The van der Waals surface area contributed by atoms with Crippen LogP contribution in [0.2, 0.25) is 0 Å². The number of nitrogens with one attached hydrogen (secondary N) is 1. The van der Waals surface area contributed by atoms with Crippen molar-refractivity contribution in [1.82, 2.24) is 9.29 Å². The second-order valence-electron chi connectivity index (χ2n) is 7.11. The zero-order valence-corrected chi connectivity index (χ0v) is 19.0. The van der Waals surface area contributed by atoms with E-state index < -0.39 is 15.9 Å². The number of aryl methyl sites for hydroxylation is 1. The summed E-state index contributed by atoms with van der Waals surface area (Å²) in [6.07, 6.45) is 1.30. The Morgan fingerprint density at radius 3 is 2.72 bits per heavy atom. The van der Waals surface area contributed by atoms with Gasteiger partial charge in [0, 0.05) is 17.6 Å². The second kappa shape index (κ2) is 8.14. The quantitative estimate of drug-likeness (QED) is 0.583. The van der Waals surface area contributed by atoms with Crippen LogP contribution in [0.25, 0.3) is 10.2 Å². The average Bonchev–Trinajstić information content (AvgIpc) is 3.12. The molecule has 9 heteroatoms. The molecule has 3 aromatic rings. The van der Waals surface area contributed by atoms with E-state index in [1.54, 1.807) is 24.3 Å². The molecule has 0 aliphatic carbocycles. The van der Waals surface area contributed by atoms with Gasteiger partial charge in [0.2, 0.25) is 15.9 Å². The molecule has 0 spiro atoms. The van der Waals surface area contributed by atoms with Crippen LogP contribution in [0.15, 0.2) is 51.8 Å². The number of hydrogen-bond acceptors (Lipinski definition) is 5. The van der Waals surface area contributed by atoms with Crippen molar-refractivity contribution in [3.63, 3.8) is 0 Å². The Labute approximate surface area is 182 Å². The summed E-state index contributed by atoms with van der Waals surface area (Å²) in [5.74, 6) is -0.594. The Morgan fingerprint density at radius 1 is 1.24 bits per heavy atom. The maximum Gasteiger partial charge on any atom is 0.243 e. The standard InChI is InChI=1S/C20H20BrN3O3S2/c1-13-7-9-15(10-8-13)29(26,27)24-11-3-4-14(12-24)19(25)23-20-22-18-16(21)5-2-6-17(18)28-20/h2,5-10,14H,3-4,11-12H2,1H3,(H,22,23,25). The number of para-hydroxylation sites is 1. The molecule has 1 aliphatic rings. The lowest BCUT2D eigenvalue weighted by atomic mass is 9.99. The highest BCUT2D eigenvalue weighted by molar-refractivity contribution is 9.10. The van der Waals surface area contributed by atoms with E-state index in [1.807, 2.05) is 25.1 Å². The molecule has 6 nitrogen and oxygen atoms in total. The van der Waals surface area contributed by atoms with Crippen molar-refractivity contribution in [3.05, 3.63) is 52.5 Å². The Hall–Kier alpha value is -1.81. The average molecular weight is 494 g/mol. The van der Waals surface area contributed by atoms with Crippen LogP contribution >= 0.6 is 27.3 Å². The zero-order valence-electron chi connectivity index (χ0n) is 15.8. The minimum atomic E-state index is -3.61. The minimum Gasteiger partial charge on any atom is -0.302 e. The van der Waals surface area contributed by atoms with Crippen LogP contribution in [0, 0.1) is 12.8 Å². The maximum atomic E-state index is 13.0. The highest BCUT2D eigenvalue weighted by Gasteiger charge is 2.33. The van der Waals surface area contributed by atoms with Gasteiger partial charge in [0.15, 0.2) is 5.13 Å². The number of nitrogens with zero attached hydrogens (tertiary/aromatic N) is 2. The minimum absolute atomic E-state index is 0.177. The Balaban J connectivity index is 1.49. The molecule has 29 heavy (non-hydrogen) atoms. The first-order valence-corrected chi connectivity index (χ1v) is 12.3. The van der Waals surface area contributed by atoms with Crippen molar-refractivity contribution in [2.75, 3.05) is 18.4 Å². The van der Waals surface area contributed by atoms with Crippen LogP contribution in [-0.4, -0.2) is 36.7 Å². The van der Waals surface area contributed by atoms with Gasteiger partial charge in [-0.15, -0.1) is 0 Å². The number of hydrogen-bond donors (Lipinski definition) is 1. The lowest BCUT2D eigenvalue weighted by Gasteiger charge is -2.31. The molecule has 152 valence electrons. The summed E-state index contributed by atoms with van der Waals surface area (Å²) in [4.78, 5) is 17.5. The summed E-state index contributed by atoms with van der Waals surface area (Å²) in [5, 5.41) is 3.40. The Kier molecular flexibility index (Phi) is 5.74. The third kappa shape index (κ3) is 4.23. The number of rotatable bonds is 4. The van der Waals surface area contributed by atoms with Crippen LogP contribution in [-0.2, 0) is 14.8 Å². The van der Waals surface area contributed by atoms with E-state index in [9.17, 15) is 13.2 Å². The number of anilines is 1. The van der Waals surface area contributed by atoms with Gasteiger partial charge in [-0.05, 0) is 60.0 Å². The first-order valence-electron chi connectivity index (χ1n) is 9.27. The highest BCUT2D eigenvalue weighted by Crippen LogP contribution is 2.32. The van der Waals surface area contributed by atoms with Crippen molar-refractivity contribution in [1.29, 1.82) is 0 Å². The smallest absolute Gasteiger partial charge is 0.243 e. The summed E-state index contributed by atoms with van der Waals surface area (Å²) < 4.78 is 29.2. The number of piperidine rings is 1. The van der Waals surface area contributed by atoms with Crippen molar-refractivity contribution < 1.29 is 13.2 Å². The molecule has 1 unspecified atom stereocenters. The number of thiazole rings is 1. The first-order chi connectivity index (χ1) is 13.8. The summed E-state index contributed by atoms with van der Waals surface area (Å²) in [6, 6.07) is 12.6. The largest absolute Gasteiger partial charge is 0.302 e. The van der Waals surface area contributed by atoms with Gasteiger partial charge in [-0.1, -0.05) is 35.1 Å². The Morgan fingerprint density at radius 2 is 2.00 bits per heavy atom. The SMILES string of the molecule is Cc1ccc(S(=O)(=O)N2CCCC(C(=O)Nc3nc4c(Br)cccc4s3)C2)cc1. The molecule has 1 atom stereocenters. The van der Waals surface area contributed by atoms with E-state index in [1.165, 1.54) is 15.6 Å². The van der Waals surface area contributed by atoms with E-state index in [0.29, 0.717) is 24.5 Å². The van der Waals surface area contributed by atoms with E-state index in [0.717, 1.165) is 20.3 Å². The van der Waals surface area contributed by atoms with E-state index in [-0.39, 0.29) is 17.3 Å². The van der Waals surface area contributed by atoms with Gasteiger partial charge in [0.1, 0.15) is 0 Å². The molecule has 0 saturated carbocycles. The van der Waals surface area contributed by atoms with Gasteiger partial charge in [0.25, 0.3) is 0 Å². The molecule has 2 aromatic carbocycles. The fourth-order valence-corrected chi connectivity index (χ4v) is 6.42. The molecular formula is C20H20BrN3O3S2. The van der Waals surface area contributed by atoms with Crippen LogP contribution in [0.3, 0.4) is 0 Å². The number of sulfonamides is 1. The summed E-state index contributed by atoms with van der Waals surface area (Å²) in [6.45, 7) is 2.52. The van der Waals surface area contributed by atoms with Crippen molar-refractivity contribution in [2.24, 2.45) is 5.92 Å². The number of carbonyl (C=O) groups is 1. The van der Waals surface area contributed by atoms with Gasteiger partial charge in [-0.2, -0.15) is 4.31 Å². The van der Waals surface area contributed by atoms with Crippen molar-refractivity contribution in [2.45, 2.75) is 24.7 Å². The molecule has 1 aromatic heterocycles. The van der Waals surface area contributed by atoms with Crippen molar-refractivity contribution >= 4 is 58.5 Å². The number of halogens is 1. The van der Waals surface area contributed by atoms with Gasteiger partial charge in [-0.25, -0.2) is 13.4 Å². The number of aromatic nitrogens is 1. The molecule has 0 bridgehead atoms. The summed E-state index contributed by atoms with van der Waals surface area (Å²) in [7, 11) is -3.61. The van der Waals surface area contributed by atoms with Gasteiger partial charge in [0.05, 0.1) is 21.0 Å². The molecule has 1 aliphatic heterocycles. The van der Waals surface area contributed by atoms with E-state index >= 15 is 0 Å². The van der Waals surface area contributed by atoms with Crippen LogP contribution < -0.4 is 5.32 Å². The number of carbonyl (C=O) groups excluding carboxylic acids is 1.